The summed E-state index contributed by atoms with van der Waals surface area (Å²) in [6, 6.07) is 1.21. The van der Waals surface area contributed by atoms with Crippen LogP contribution >= 0.6 is 11.6 Å². The zero-order valence-corrected chi connectivity index (χ0v) is 12.7. The predicted molar refractivity (Wildman–Crippen MR) is 80.5 cm³/mol. The molecule has 0 bridgehead atoms. The molecule has 0 spiro atoms. The van der Waals surface area contributed by atoms with E-state index in [1.165, 1.54) is 6.92 Å². The van der Waals surface area contributed by atoms with Gasteiger partial charge >= 0.3 is 17.9 Å². The zero-order chi connectivity index (χ0) is 18.0. The van der Waals surface area contributed by atoms with Crippen LogP contribution in [-0.2, 0) is 9.53 Å². The minimum Gasteiger partial charge on any atom is -0.419 e. The number of ether oxygens (including phenoxy) is 1. The molecule has 1 unspecified atom stereocenters. The van der Waals surface area contributed by atoms with Gasteiger partial charge in [-0.15, -0.1) is 0 Å². The summed E-state index contributed by atoms with van der Waals surface area (Å²) in [7, 11) is 0. The smallest absolute Gasteiger partial charge is 0.348 e. The van der Waals surface area contributed by atoms with Crippen LogP contribution in [0.15, 0.2) is 35.0 Å². The van der Waals surface area contributed by atoms with Crippen molar-refractivity contribution in [2.75, 3.05) is 0 Å². The third kappa shape index (κ3) is 3.43. The Morgan fingerprint density at radius 2 is 2.00 bits per heavy atom. The summed E-state index contributed by atoms with van der Waals surface area (Å²) in [5.74, 6) is -2.69. The molecule has 0 aliphatic carbocycles. The quantitative estimate of drug-likeness (QED) is 0.457. The Balaban J connectivity index is 2.33. The second-order valence-electron chi connectivity index (χ2n) is 4.64. The first-order chi connectivity index (χ1) is 11.2. The Bertz CT molecular complexity index is 831. The highest BCUT2D eigenvalue weighted by molar-refractivity contribution is 6.32. The van der Waals surface area contributed by atoms with E-state index in [-0.39, 0.29) is 16.3 Å². The molecule has 0 saturated heterocycles. The Kier molecular flexibility index (Phi) is 4.69. The number of nitro benzene ring substituents is 1. The number of nitrogens with zero attached hydrogens (tertiary/aromatic N) is 3. The number of dihydropyridines is 1. The van der Waals surface area contributed by atoms with Gasteiger partial charge in [-0.2, -0.15) is 0 Å². The maximum absolute atomic E-state index is 12.1. The van der Waals surface area contributed by atoms with Crippen LogP contribution in [0.2, 0.25) is 5.02 Å². The van der Waals surface area contributed by atoms with Gasteiger partial charge < -0.3 is 4.74 Å². The first-order valence-electron chi connectivity index (χ1n) is 6.31. The molecule has 0 fully saturated rings. The van der Waals surface area contributed by atoms with E-state index in [9.17, 15) is 29.8 Å². The van der Waals surface area contributed by atoms with Gasteiger partial charge in [-0.1, -0.05) is 11.6 Å². The second kappa shape index (κ2) is 6.54. The minimum atomic E-state index is -1.94. The van der Waals surface area contributed by atoms with E-state index in [0.717, 1.165) is 24.3 Å². The third-order valence-electron chi connectivity index (χ3n) is 2.94. The fourth-order valence-electron chi connectivity index (χ4n) is 1.90. The van der Waals surface area contributed by atoms with Crippen LogP contribution in [0.4, 0.5) is 5.69 Å². The molecule has 1 atom stereocenters. The maximum Gasteiger partial charge on any atom is 0.348 e. The normalized spacial score (nSPS) is 16.9. The number of esters is 1. The van der Waals surface area contributed by atoms with Crippen molar-refractivity contribution in [3.8, 4) is 0 Å². The van der Waals surface area contributed by atoms with Crippen molar-refractivity contribution >= 4 is 34.9 Å². The highest BCUT2D eigenvalue weighted by atomic mass is 35.5. The van der Waals surface area contributed by atoms with Gasteiger partial charge in [-0.25, -0.2) is 9.79 Å². The van der Waals surface area contributed by atoms with E-state index in [1.807, 2.05) is 0 Å². The summed E-state index contributed by atoms with van der Waals surface area (Å²) < 4.78 is 4.88. The summed E-state index contributed by atoms with van der Waals surface area (Å²) >= 11 is 5.64. The second-order valence-corrected chi connectivity index (χ2v) is 5.05. The van der Waals surface area contributed by atoms with E-state index in [0.29, 0.717) is 0 Å². The topological polar surface area (TPSA) is 142 Å². The molecule has 1 aliphatic rings. The van der Waals surface area contributed by atoms with Gasteiger partial charge in [0.25, 0.3) is 5.69 Å². The number of carbonyl (C=O) groups is 2. The number of nitro groups is 2. The fourth-order valence-corrected chi connectivity index (χ4v) is 2.09. The van der Waals surface area contributed by atoms with Gasteiger partial charge in [-0.3, -0.25) is 25.0 Å². The van der Waals surface area contributed by atoms with Gasteiger partial charge in [0.2, 0.25) is 0 Å². The van der Waals surface area contributed by atoms with E-state index in [2.05, 4.69) is 4.99 Å². The highest BCUT2D eigenvalue weighted by Crippen LogP contribution is 2.26. The lowest BCUT2D eigenvalue weighted by atomic mass is 10.1. The summed E-state index contributed by atoms with van der Waals surface area (Å²) in [4.78, 5) is 47.1. The molecule has 0 radical (unpaired) electrons. The molecule has 0 saturated carbocycles. The summed E-state index contributed by atoms with van der Waals surface area (Å²) in [6.07, 6.45) is 1.08. The van der Waals surface area contributed by atoms with Crippen molar-refractivity contribution in [3.63, 3.8) is 0 Å². The molecule has 10 nitrogen and oxygen atoms in total. The number of hydrogen-bond donors (Lipinski definition) is 0. The molecule has 0 aromatic heterocycles. The van der Waals surface area contributed by atoms with Crippen LogP contribution in [0.1, 0.15) is 17.3 Å². The monoisotopic (exact) mass is 353 g/mol. The van der Waals surface area contributed by atoms with E-state index in [1.54, 1.807) is 0 Å². The van der Waals surface area contributed by atoms with Crippen LogP contribution in [-0.4, -0.2) is 33.5 Å². The molecule has 124 valence electrons. The summed E-state index contributed by atoms with van der Waals surface area (Å²) in [6.45, 7) is 1.40. The Labute approximate surface area is 138 Å². The number of amides is 1. The third-order valence-corrected chi connectivity index (χ3v) is 3.26. The Hall–Kier alpha value is -3.14. The molecule has 0 N–H and O–H groups in total. The molecular weight excluding hydrogens is 346 g/mol. The van der Waals surface area contributed by atoms with Gasteiger partial charge in [0.05, 0.1) is 10.5 Å². The van der Waals surface area contributed by atoms with Crippen LogP contribution in [0.5, 0.6) is 0 Å². The minimum absolute atomic E-state index is 0.128. The number of halogens is 1. The average molecular weight is 354 g/mol. The first kappa shape index (κ1) is 17.2. The molecule has 1 heterocycles. The Morgan fingerprint density at radius 3 is 2.58 bits per heavy atom. The highest BCUT2D eigenvalue weighted by Gasteiger charge is 2.39. The van der Waals surface area contributed by atoms with Gasteiger partial charge in [-0.05, 0) is 19.1 Å². The predicted octanol–water partition coefficient (Wildman–Crippen LogP) is 1.94. The molecule has 24 heavy (non-hydrogen) atoms. The van der Waals surface area contributed by atoms with Crippen molar-refractivity contribution in [1.82, 2.24) is 0 Å². The lowest BCUT2D eigenvalue weighted by Crippen LogP contribution is -2.35. The number of hydrogen-bond acceptors (Lipinski definition) is 7. The van der Waals surface area contributed by atoms with Crippen molar-refractivity contribution in [1.29, 1.82) is 0 Å². The molecule has 1 aliphatic heterocycles. The molecular formula is C13H8ClN3O7. The Morgan fingerprint density at radius 1 is 1.33 bits per heavy atom. The molecule has 11 heteroatoms. The summed E-state index contributed by atoms with van der Waals surface area (Å²) in [5.41, 5.74) is -0.645. The van der Waals surface area contributed by atoms with Gasteiger partial charge in [0.1, 0.15) is 5.02 Å². The van der Waals surface area contributed by atoms with Crippen LogP contribution < -0.4 is 0 Å². The van der Waals surface area contributed by atoms with Crippen molar-refractivity contribution in [2.45, 2.75) is 13.0 Å². The fraction of sp³-hybridized carbons (Fsp3) is 0.154. The lowest BCUT2D eigenvalue weighted by molar-refractivity contribution is -0.501. The van der Waals surface area contributed by atoms with Crippen LogP contribution in [0.3, 0.4) is 0 Å². The molecule has 1 amide bonds. The van der Waals surface area contributed by atoms with Crippen LogP contribution in [0, 0.1) is 20.2 Å². The van der Waals surface area contributed by atoms with Gasteiger partial charge in [0, 0.05) is 22.8 Å². The van der Waals surface area contributed by atoms with Crippen molar-refractivity contribution in [2.24, 2.45) is 4.99 Å². The summed E-state index contributed by atoms with van der Waals surface area (Å²) in [5, 5.41) is 21.6. The van der Waals surface area contributed by atoms with Gasteiger partial charge in [0.15, 0.2) is 5.76 Å². The number of rotatable bonds is 4. The largest absolute Gasteiger partial charge is 0.419 e. The average Bonchev–Trinajstić information content (AvgIpc) is 2.45. The van der Waals surface area contributed by atoms with E-state index >= 15 is 0 Å². The standard InChI is InChI=1S/C13H8ClN3O7/c1-6-4-10(11(17(22)23)12(18)15-6)24-13(19)7-2-3-8(14)9(5-7)16(20)21/h2-5,11H,1H3. The maximum atomic E-state index is 12.1. The number of aliphatic imine (C=N–C) groups is 1. The van der Waals surface area contributed by atoms with E-state index < -0.39 is 39.2 Å². The molecule has 2 rings (SSSR count). The number of carbonyl (C=O) groups excluding carboxylic acids is 2. The first-order valence-corrected chi connectivity index (χ1v) is 6.69. The number of benzene rings is 1. The zero-order valence-electron chi connectivity index (χ0n) is 12.0. The van der Waals surface area contributed by atoms with Crippen molar-refractivity contribution < 1.29 is 24.2 Å². The lowest BCUT2D eigenvalue weighted by Gasteiger charge is -2.14. The van der Waals surface area contributed by atoms with E-state index in [4.69, 9.17) is 16.3 Å². The SMILES string of the molecule is CC1=NC(=O)C([N+](=O)[O-])C(OC(=O)c2ccc(Cl)c([N+](=O)[O-])c2)=C1. The molecule has 1 aromatic rings. The molecule has 1 aromatic carbocycles. The number of allylic oxidation sites excluding steroid dienone is 1. The van der Waals surface area contributed by atoms with Crippen LogP contribution in [0.25, 0.3) is 0 Å². The van der Waals surface area contributed by atoms with Crippen molar-refractivity contribution in [3.05, 3.63) is 60.8 Å².